The van der Waals surface area contributed by atoms with Gasteiger partial charge >= 0.3 is 0 Å². The van der Waals surface area contributed by atoms with Crippen molar-refractivity contribution in [3.05, 3.63) is 71.0 Å². The van der Waals surface area contributed by atoms with Gasteiger partial charge in [-0.05, 0) is 55.1 Å². The number of carbonyl (C=O) groups excluding carboxylic acids is 3. The quantitative estimate of drug-likeness (QED) is 0.812. The summed E-state index contributed by atoms with van der Waals surface area (Å²) in [6, 6.07) is 10.8. The Morgan fingerprint density at radius 1 is 1.23 bits per heavy atom. The maximum absolute atomic E-state index is 12.3. The van der Waals surface area contributed by atoms with Gasteiger partial charge in [-0.3, -0.25) is 19.3 Å². The van der Waals surface area contributed by atoms with Crippen molar-refractivity contribution in [2.75, 3.05) is 11.9 Å². The van der Waals surface area contributed by atoms with Crippen LogP contribution in [0.3, 0.4) is 0 Å². The van der Waals surface area contributed by atoms with Crippen LogP contribution in [0, 0.1) is 6.92 Å². The van der Waals surface area contributed by atoms with Crippen LogP contribution in [0.5, 0.6) is 0 Å². The average Bonchev–Trinajstić information content (AvgIpc) is 3.21. The Morgan fingerprint density at radius 2 is 2.00 bits per heavy atom. The molecule has 6 nitrogen and oxygen atoms in total. The highest BCUT2D eigenvalue weighted by molar-refractivity contribution is 8.18. The molecule has 132 valence electrons. The standard InChI is InChI=1S/C19H16N2O4S/c1-13-7-9-14(10-8-13)20-17(22)12-21-18(23)16(26-19(21)24)6-2-4-15-5-3-11-25-15/h2-11H,12H2,1H3,(H,20,22). The van der Waals surface area contributed by atoms with E-state index in [1.165, 1.54) is 6.08 Å². The molecule has 3 amide bonds. The van der Waals surface area contributed by atoms with Crippen molar-refractivity contribution in [1.82, 2.24) is 4.90 Å². The van der Waals surface area contributed by atoms with Crippen LogP contribution < -0.4 is 5.32 Å². The number of allylic oxidation sites excluding steroid dienone is 2. The van der Waals surface area contributed by atoms with Gasteiger partial charge in [0.05, 0.1) is 11.2 Å². The van der Waals surface area contributed by atoms with Gasteiger partial charge in [-0.2, -0.15) is 0 Å². The van der Waals surface area contributed by atoms with Crippen molar-refractivity contribution in [2.45, 2.75) is 6.92 Å². The maximum Gasteiger partial charge on any atom is 0.294 e. The van der Waals surface area contributed by atoms with Gasteiger partial charge in [0.1, 0.15) is 12.3 Å². The molecule has 2 heterocycles. The summed E-state index contributed by atoms with van der Waals surface area (Å²) in [5, 5.41) is 2.21. The summed E-state index contributed by atoms with van der Waals surface area (Å²) in [5.74, 6) is -0.273. The van der Waals surface area contributed by atoms with Crippen LogP contribution in [0.1, 0.15) is 11.3 Å². The Bertz CT molecular complexity index is 883. The molecular weight excluding hydrogens is 352 g/mol. The minimum atomic E-state index is -0.483. The van der Waals surface area contributed by atoms with Crippen LogP contribution in [-0.4, -0.2) is 28.5 Å². The largest absolute Gasteiger partial charge is 0.465 e. The molecule has 0 atom stereocenters. The molecule has 3 rings (SSSR count). The predicted molar refractivity (Wildman–Crippen MR) is 100 cm³/mol. The van der Waals surface area contributed by atoms with Gasteiger partial charge in [-0.1, -0.05) is 23.8 Å². The SMILES string of the molecule is Cc1ccc(NC(=O)CN2C(=O)SC(=CC=Cc3ccco3)C2=O)cc1. The van der Waals surface area contributed by atoms with E-state index in [0.717, 1.165) is 22.2 Å². The third-order valence-electron chi connectivity index (χ3n) is 3.56. The number of anilines is 1. The zero-order valence-electron chi connectivity index (χ0n) is 14.0. The number of rotatable bonds is 5. The molecule has 1 fully saturated rings. The fourth-order valence-corrected chi connectivity index (χ4v) is 3.04. The number of carbonyl (C=O) groups is 3. The first-order chi connectivity index (χ1) is 12.5. The van der Waals surface area contributed by atoms with Gasteiger partial charge in [0, 0.05) is 5.69 Å². The third-order valence-corrected chi connectivity index (χ3v) is 4.49. The molecule has 0 spiro atoms. The van der Waals surface area contributed by atoms with Crippen molar-refractivity contribution in [2.24, 2.45) is 0 Å². The van der Waals surface area contributed by atoms with Crippen molar-refractivity contribution >= 4 is 40.6 Å². The summed E-state index contributed by atoms with van der Waals surface area (Å²) in [6.07, 6.45) is 6.38. The van der Waals surface area contributed by atoms with Crippen LogP contribution >= 0.6 is 11.8 Å². The van der Waals surface area contributed by atoms with Crippen LogP contribution in [0.15, 0.2) is 64.1 Å². The summed E-state index contributed by atoms with van der Waals surface area (Å²) in [6.45, 7) is 1.62. The lowest BCUT2D eigenvalue weighted by Crippen LogP contribution is -2.36. The Kier molecular flexibility index (Phi) is 5.38. The van der Waals surface area contributed by atoms with Crippen LogP contribution in [0.2, 0.25) is 0 Å². The van der Waals surface area contributed by atoms with Gasteiger partial charge in [0.2, 0.25) is 5.91 Å². The highest BCUT2D eigenvalue weighted by Crippen LogP contribution is 2.30. The molecule has 7 heteroatoms. The zero-order valence-corrected chi connectivity index (χ0v) is 14.8. The smallest absolute Gasteiger partial charge is 0.294 e. The van der Waals surface area contributed by atoms with E-state index in [4.69, 9.17) is 4.42 Å². The topological polar surface area (TPSA) is 79.6 Å². The number of amides is 3. The molecular formula is C19H16N2O4S. The zero-order chi connectivity index (χ0) is 18.5. The fraction of sp³-hybridized carbons (Fsp3) is 0.105. The number of benzene rings is 1. The lowest BCUT2D eigenvalue weighted by molar-refractivity contribution is -0.127. The molecule has 0 radical (unpaired) electrons. The van der Waals surface area contributed by atoms with E-state index in [2.05, 4.69) is 5.32 Å². The van der Waals surface area contributed by atoms with Gasteiger partial charge < -0.3 is 9.73 Å². The molecule has 0 saturated carbocycles. The molecule has 1 aliphatic rings. The lowest BCUT2D eigenvalue weighted by atomic mass is 10.2. The van der Waals surface area contributed by atoms with Crippen LogP contribution in [-0.2, 0) is 9.59 Å². The van der Waals surface area contributed by atoms with E-state index in [-0.39, 0.29) is 11.4 Å². The molecule has 1 aromatic heterocycles. The van der Waals surface area contributed by atoms with E-state index in [1.807, 2.05) is 19.1 Å². The molecule has 1 saturated heterocycles. The molecule has 1 aliphatic heterocycles. The monoisotopic (exact) mass is 368 g/mol. The fourth-order valence-electron chi connectivity index (χ4n) is 2.25. The first-order valence-electron chi connectivity index (χ1n) is 7.85. The van der Waals surface area contributed by atoms with Crippen LogP contribution in [0.4, 0.5) is 10.5 Å². The van der Waals surface area contributed by atoms with E-state index < -0.39 is 17.1 Å². The summed E-state index contributed by atoms with van der Waals surface area (Å²) < 4.78 is 5.15. The number of nitrogens with one attached hydrogen (secondary N) is 1. The first kappa shape index (κ1) is 17.8. The van der Waals surface area contributed by atoms with Gasteiger partial charge in [0.15, 0.2) is 0 Å². The lowest BCUT2D eigenvalue weighted by Gasteiger charge is -2.12. The number of hydrogen-bond donors (Lipinski definition) is 1. The molecule has 1 N–H and O–H groups in total. The Hall–Kier alpha value is -3.06. The summed E-state index contributed by atoms with van der Waals surface area (Å²) in [4.78, 5) is 37.6. The number of aryl methyl sites for hydroxylation is 1. The highest BCUT2D eigenvalue weighted by atomic mass is 32.2. The van der Waals surface area contributed by atoms with Crippen LogP contribution in [0.25, 0.3) is 6.08 Å². The van der Waals surface area contributed by atoms with E-state index in [0.29, 0.717) is 11.4 Å². The number of imide groups is 1. The third kappa shape index (κ3) is 4.31. The Labute approximate surface area is 154 Å². The normalized spacial score (nSPS) is 16.0. The van der Waals surface area contributed by atoms with Gasteiger partial charge in [-0.25, -0.2) is 0 Å². The minimum Gasteiger partial charge on any atom is -0.465 e. The molecule has 0 unspecified atom stereocenters. The van der Waals surface area contributed by atoms with Crippen molar-refractivity contribution in [1.29, 1.82) is 0 Å². The second-order valence-corrected chi connectivity index (χ2v) is 6.57. The minimum absolute atomic E-state index is 0.265. The van der Waals surface area contributed by atoms with Crippen molar-refractivity contribution in [3.8, 4) is 0 Å². The van der Waals surface area contributed by atoms with Crippen molar-refractivity contribution < 1.29 is 18.8 Å². The molecule has 1 aromatic carbocycles. The first-order valence-corrected chi connectivity index (χ1v) is 8.66. The molecule has 26 heavy (non-hydrogen) atoms. The highest BCUT2D eigenvalue weighted by Gasteiger charge is 2.35. The second kappa shape index (κ2) is 7.88. The Balaban J connectivity index is 1.61. The van der Waals surface area contributed by atoms with E-state index in [1.54, 1.807) is 42.7 Å². The summed E-state index contributed by atoms with van der Waals surface area (Å²) >= 11 is 0.806. The molecule has 0 bridgehead atoms. The van der Waals surface area contributed by atoms with Gasteiger partial charge in [0.25, 0.3) is 11.1 Å². The van der Waals surface area contributed by atoms with E-state index >= 15 is 0 Å². The maximum atomic E-state index is 12.3. The summed E-state index contributed by atoms with van der Waals surface area (Å²) in [7, 11) is 0. The number of thioether (sulfide) groups is 1. The van der Waals surface area contributed by atoms with Crippen molar-refractivity contribution in [3.63, 3.8) is 0 Å². The Morgan fingerprint density at radius 3 is 2.69 bits per heavy atom. The van der Waals surface area contributed by atoms with Gasteiger partial charge in [-0.15, -0.1) is 0 Å². The average molecular weight is 368 g/mol. The number of furan rings is 1. The molecule has 2 aromatic rings. The number of hydrogen-bond acceptors (Lipinski definition) is 5. The predicted octanol–water partition coefficient (Wildman–Crippen LogP) is 3.82. The van der Waals surface area contributed by atoms with E-state index in [9.17, 15) is 14.4 Å². The second-order valence-electron chi connectivity index (χ2n) is 5.58. The number of nitrogens with zero attached hydrogens (tertiary/aromatic N) is 1. The molecule has 0 aliphatic carbocycles. The summed E-state index contributed by atoms with van der Waals surface area (Å²) in [5.41, 5.74) is 1.69.